The summed E-state index contributed by atoms with van der Waals surface area (Å²) in [7, 11) is 1.54. The second-order valence-corrected chi connectivity index (χ2v) is 8.87. The van der Waals surface area contributed by atoms with Gasteiger partial charge in [0.25, 0.3) is 5.56 Å². The van der Waals surface area contributed by atoms with Crippen LogP contribution in [0, 0.1) is 6.92 Å². The third-order valence-electron chi connectivity index (χ3n) is 5.20. The van der Waals surface area contributed by atoms with Gasteiger partial charge in [-0.25, -0.2) is 9.36 Å². The number of aromatic nitrogens is 4. The van der Waals surface area contributed by atoms with E-state index in [0.29, 0.717) is 34.0 Å². The van der Waals surface area contributed by atoms with Crippen LogP contribution in [0.4, 0.5) is 4.79 Å². The lowest BCUT2D eigenvalue weighted by Gasteiger charge is -2.15. The quantitative estimate of drug-likeness (QED) is 0.407. The number of ether oxygens (including phenoxy) is 1. The molecule has 0 saturated carbocycles. The lowest BCUT2D eigenvalue weighted by molar-refractivity contribution is -0.119. The fourth-order valence-corrected chi connectivity index (χ4v) is 4.43. The molecule has 3 amide bonds. The number of nitrogens with zero attached hydrogens (tertiary/aromatic N) is 4. The summed E-state index contributed by atoms with van der Waals surface area (Å²) in [6.07, 6.45) is 0. The zero-order valence-electron chi connectivity index (χ0n) is 19.2. The Morgan fingerprint density at radius 1 is 1.18 bits per heavy atom. The Morgan fingerprint density at radius 2 is 1.94 bits per heavy atom. The summed E-state index contributed by atoms with van der Waals surface area (Å²) in [6, 6.07) is 12.1. The number of para-hydroxylation sites is 1. The maximum absolute atomic E-state index is 13.6. The number of urea groups is 1. The molecule has 0 radical (unpaired) electrons. The van der Waals surface area contributed by atoms with Gasteiger partial charge in [0.15, 0.2) is 5.16 Å². The lowest BCUT2D eigenvalue weighted by atomic mass is 10.2. The van der Waals surface area contributed by atoms with Crippen LogP contribution in [0.5, 0.6) is 5.75 Å². The second-order valence-electron chi connectivity index (χ2n) is 7.56. The Bertz CT molecular complexity index is 1460. The molecular weight excluding hydrogens is 456 g/mol. The first-order chi connectivity index (χ1) is 16.3. The van der Waals surface area contributed by atoms with Crippen LogP contribution in [0.1, 0.15) is 19.4 Å². The van der Waals surface area contributed by atoms with Crippen LogP contribution in [0.2, 0.25) is 0 Å². The van der Waals surface area contributed by atoms with Crippen molar-refractivity contribution in [3.8, 4) is 11.4 Å². The molecule has 4 rings (SSSR count). The van der Waals surface area contributed by atoms with Crippen molar-refractivity contribution < 1.29 is 14.3 Å². The number of carbonyl (C=O) groups is 2. The molecule has 2 N–H and O–H groups in total. The fraction of sp³-hybridized carbons (Fsp3) is 0.261. The van der Waals surface area contributed by atoms with Crippen LogP contribution >= 0.6 is 11.8 Å². The van der Waals surface area contributed by atoms with Gasteiger partial charge >= 0.3 is 6.03 Å². The number of amides is 3. The van der Waals surface area contributed by atoms with Gasteiger partial charge in [-0.05, 0) is 50.6 Å². The van der Waals surface area contributed by atoms with Crippen molar-refractivity contribution in [2.45, 2.75) is 31.2 Å². The standard InChI is InChI=1S/C23H24N6O4S/c1-5-24-21(32)25-19(30)14(3)34-23-27-26-22-28(17-12-13(2)10-11-18(17)33-4)20(31)15-8-6-7-9-16(15)29(22)23/h6-12,14H,5H2,1-4H3,(H2,24,25,30,32). The Morgan fingerprint density at radius 3 is 2.68 bits per heavy atom. The molecule has 2 aromatic carbocycles. The van der Waals surface area contributed by atoms with Gasteiger partial charge in [-0.15, -0.1) is 10.2 Å². The van der Waals surface area contributed by atoms with Crippen molar-refractivity contribution >= 4 is 40.4 Å². The SMILES string of the molecule is CCNC(=O)NC(=O)C(C)Sc1nnc2n(-c3cc(C)ccc3OC)c(=O)c3ccccc3n12. The molecule has 1 atom stereocenters. The van der Waals surface area contributed by atoms with Crippen molar-refractivity contribution in [1.29, 1.82) is 0 Å². The van der Waals surface area contributed by atoms with Crippen LogP contribution in [0.15, 0.2) is 52.4 Å². The molecule has 11 heteroatoms. The van der Waals surface area contributed by atoms with E-state index in [9.17, 15) is 14.4 Å². The molecule has 4 aromatic rings. The highest BCUT2D eigenvalue weighted by atomic mass is 32.2. The molecule has 0 aliphatic rings. The average molecular weight is 481 g/mol. The smallest absolute Gasteiger partial charge is 0.321 e. The van der Waals surface area contributed by atoms with E-state index in [1.54, 1.807) is 42.5 Å². The van der Waals surface area contributed by atoms with Crippen molar-refractivity contribution in [2.75, 3.05) is 13.7 Å². The van der Waals surface area contributed by atoms with Gasteiger partial charge in [0.1, 0.15) is 5.75 Å². The molecule has 1 unspecified atom stereocenters. The summed E-state index contributed by atoms with van der Waals surface area (Å²) < 4.78 is 8.72. The van der Waals surface area contributed by atoms with Crippen LogP contribution in [-0.4, -0.2) is 50.0 Å². The molecule has 0 aliphatic heterocycles. The minimum Gasteiger partial charge on any atom is -0.495 e. The van der Waals surface area contributed by atoms with Gasteiger partial charge in [0.2, 0.25) is 11.7 Å². The highest BCUT2D eigenvalue weighted by Gasteiger charge is 2.24. The minimum absolute atomic E-state index is 0.266. The number of thioether (sulfide) groups is 1. The number of aryl methyl sites for hydroxylation is 1. The summed E-state index contributed by atoms with van der Waals surface area (Å²) >= 11 is 1.14. The molecule has 2 aromatic heterocycles. The number of methoxy groups -OCH3 is 1. The third kappa shape index (κ3) is 4.21. The predicted molar refractivity (Wildman–Crippen MR) is 130 cm³/mol. The van der Waals surface area contributed by atoms with Gasteiger partial charge in [-0.1, -0.05) is 30.0 Å². The van der Waals surface area contributed by atoms with Crippen LogP contribution in [-0.2, 0) is 4.79 Å². The molecule has 0 spiro atoms. The van der Waals surface area contributed by atoms with Gasteiger partial charge in [-0.3, -0.25) is 19.3 Å². The highest BCUT2D eigenvalue weighted by molar-refractivity contribution is 8.00. The molecule has 0 aliphatic carbocycles. The maximum Gasteiger partial charge on any atom is 0.321 e. The number of imide groups is 1. The number of nitrogens with one attached hydrogen (secondary N) is 2. The van der Waals surface area contributed by atoms with Crippen molar-refractivity contribution in [3.05, 3.63) is 58.4 Å². The number of carbonyl (C=O) groups excluding carboxylic acids is 2. The molecule has 0 bridgehead atoms. The Labute approximate surface area is 199 Å². The fourth-order valence-electron chi connectivity index (χ4n) is 3.58. The van der Waals surface area contributed by atoms with Crippen LogP contribution < -0.4 is 20.9 Å². The third-order valence-corrected chi connectivity index (χ3v) is 6.24. The van der Waals surface area contributed by atoms with E-state index in [1.807, 2.05) is 25.1 Å². The Hall–Kier alpha value is -3.86. The Kier molecular flexibility index (Phi) is 6.55. The van der Waals surface area contributed by atoms with E-state index in [0.717, 1.165) is 17.3 Å². The van der Waals surface area contributed by atoms with Gasteiger partial charge < -0.3 is 10.1 Å². The summed E-state index contributed by atoms with van der Waals surface area (Å²) in [5.74, 6) is 0.328. The minimum atomic E-state index is -0.650. The van der Waals surface area contributed by atoms with Gasteiger partial charge in [0.05, 0.1) is 29.0 Å². The number of hydrogen-bond donors (Lipinski definition) is 2. The lowest BCUT2D eigenvalue weighted by Crippen LogP contribution is -2.42. The van der Waals surface area contributed by atoms with E-state index >= 15 is 0 Å². The van der Waals surface area contributed by atoms with E-state index in [2.05, 4.69) is 20.8 Å². The highest BCUT2D eigenvalue weighted by Crippen LogP contribution is 2.29. The van der Waals surface area contributed by atoms with E-state index in [4.69, 9.17) is 4.74 Å². The number of rotatable bonds is 6. The van der Waals surface area contributed by atoms with Crippen LogP contribution in [0.3, 0.4) is 0 Å². The summed E-state index contributed by atoms with van der Waals surface area (Å²) in [5.41, 5.74) is 1.82. The number of fused-ring (bicyclic) bond motifs is 3. The number of hydrogen-bond acceptors (Lipinski definition) is 7. The second kappa shape index (κ2) is 9.56. The van der Waals surface area contributed by atoms with Crippen LogP contribution in [0.25, 0.3) is 22.4 Å². The van der Waals surface area contributed by atoms with E-state index < -0.39 is 17.2 Å². The molecule has 176 valence electrons. The summed E-state index contributed by atoms with van der Waals surface area (Å²) in [6.45, 7) is 5.76. The zero-order chi connectivity index (χ0) is 24.4. The molecule has 10 nitrogen and oxygen atoms in total. The average Bonchev–Trinajstić information content (AvgIpc) is 3.22. The monoisotopic (exact) mass is 480 g/mol. The maximum atomic E-state index is 13.6. The van der Waals surface area contributed by atoms with Crippen molar-refractivity contribution in [1.82, 2.24) is 29.8 Å². The summed E-state index contributed by atoms with van der Waals surface area (Å²) in [5, 5.41) is 13.6. The van der Waals surface area contributed by atoms with E-state index in [-0.39, 0.29) is 11.3 Å². The van der Waals surface area contributed by atoms with E-state index in [1.165, 1.54) is 11.7 Å². The first-order valence-electron chi connectivity index (χ1n) is 10.6. The van der Waals surface area contributed by atoms with Crippen molar-refractivity contribution in [2.24, 2.45) is 0 Å². The molecule has 34 heavy (non-hydrogen) atoms. The first kappa shape index (κ1) is 23.3. The number of benzene rings is 2. The predicted octanol–water partition coefficient (Wildman–Crippen LogP) is 2.68. The zero-order valence-corrected chi connectivity index (χ0v) is 20.0. The molecule has 0 saturated heterocycles. The van der Waals surface area contributed by atoms with Gasteiger partial charge in [-0.2, -0.15) is 0 Å². The first-order valence-corrected chi connectivity index (χ1v) is 11.5. The molecule has 2 heterocycles. The van der Waals surface area contributed by atoms with Gasteiger partial charge in [0, 0.05) is 6.54 Å². The largest absolute Gasteiger partial charge is 0.495 e. The van der Waals surface area contributed by atoms with Crippen molar-refractivity contribution in [3.63, 3.8) is 0 Å². The topological polar surface area (TPSA) is 120 Å². The molecule has 0 fully saturated rings. The molecular formula is C23H24N6O4S. The Balaban J connectivity index is 1.88. The summed E-state index contributed by atoms with van der Waals surface area (Å²) in [4.78, 5) is 37.8. The normalized spacial score (nSPS) is 12.0.